The lowest BCUT2D eigenvalue weighted by Crippen LogP contribution is -2.41. The molecule has 136 valence electrons. The summed E-state index contributed by atoms with van der Waals surface area (Å²) >= 11 is 0. The van der Waals surface area contributed by atoms with E-state index in [9.17, 15) is 14.9 Å². The average molecular weight is 348 g/mol. The number of rotatable bonds is 3. The Hall–Kier alpha value is -1.93. The number of carbonyl (C=O) groups excluding carboxylic acids is 1. The lowest BCUT2D eigenvalue weighted by molar-refractivity contribution is -0.384. The summed E-state index contributed by atoms with van der Waals surface area (Å²) in [7, 11) is -0.772. The van der Waals surface area contributed by atoms with Crippen molar-refractivity contribution in [1.82, 2.24) is 5.32 Å². The molecule has 1 amide bonds. The second kappa shape index (κ2) is 6.11. The van der Waals surface area contributed by atoms with Crippen LogP contribution in [0, 0.1) is 10.1 Å². The van der Waals surface area contributed by atoms with Gasteiger partial charge in [0, 0.05) is 23.2 Å². The number of hydrogen-bond acceptors (Lipinski definition) is 5. The Labute approximate surface area is 148 Å². The fraction of sp³-hybridized carbons (Fsp3) is 0.588. The Morgan fingerprint density at radius 2 is 1.64 bits per heavy atom. The van der Waals surface area contributed by atoms with E-state index in [1.165, 1.54) is 12.1 Å². The SMILES string of the molecule is CC(C)(C)NC(=O)c1cc(B2OC(C)(C)C(C)(C)O2)cc([N+](=O)[O-])c1. The molecule has 0 unspecified atom stereocenters. The highest BCUT2D eigenvalue weighted by Crippen LogP contribution is 2.36. The minimum absolute atomic E-state index is 0.175. The Bertz CT molecular complexity index is 693. The number of nitro groups is 1. The van der Waals surface area contributed by atoms with Crippen molar-refractivity contribution in [3.63, 3.8) is 0 Å². The van der Waals surface area contributed by atoms with E-state index in [0.717, 1.165) is 0 Å². The van der Waals surface area contributed by atoms with E-state index < -0.39 is 28.8 Å². The summed E-state index contributed by atoms with van der Waals surface area (Å²) in [6, 6.07) is 4.22. The summed E-state index contributed by atoms with van der Waals surface area (Å²) < 4.78 is 11.9. The van der Waals surface area contributed by atoms with Crippen LogP contribution in [-0.4, -0.2) is 34.7 Å². The maximum atomic E-state index is 12.4. The number of nitrogens with zero attached hydrogens (tertiary/aromatic N) is 1. The van der Waals surface area contributed by atoms with E-state index >= 15 is 0 Å². The van der Waals surface area contributed by atoms with Crippen molar-refractivity contribution < 1.29 is 19.0 Å². The van der Waals surface area contributed by atoms with Crippen molar-refractivity contribution >= 4 is 24.2 Å². The molecule has 1 fully saturated rings. The molecular weight excluding hydrogens is 323 g/mol. The van der Waals surface area contributed by atoms with Gasteiger partial charge in [0.2, 0.25) is 0 Å². The van der Waals surface area contributed by atoms with Crippen LogP contribution in [0.25, 0.3) is 0 Å². The highest BCUT2D eigenvalue weighted by atomic mass is 16.7. The molecule has 0 radical (unpaired) electrons. The molecule has 1 aromatic rings. The average Bonchev–Trinajstić information content (AvgIpc) is 2.65. The molecule has 1 aromatic carbocycles. The molecule has 0 saturated carbocycles. The zero-order valence-corrected chi connectivity index (χ0v) is 15.8. The molecule has 2 rings (SSSR count). The number of benzene rings is 1. The standard InChI is InChI=1S/C17H25BN2O5/c1-15(2,3)19-14(21)11-8-12(10-13(9-11)20(22)23)18-24-16(4,5)17(6,7)25-18/h8-10H,1-7H3,(H,19,21). The second-order valence-electron chi connectivity index (χ2n) is 8.36. The monoisotopic (exact) mass is 348 g/mol. The van der Waals surface area contributed by atoms with Crippen LogP contribution in [0.1, 0.15) is 58.8 Å². The number of nitro benzene ring substituents is 1. The molecule has 8 heteroatoms. The normalized spacial score (nSPS) is 18.9. The summed E-state index contributed by atoms with van der Waals surface area (Å²) in [4.78, 5) is 23.2. The van der Waals surface area contributed by atoms with Crippen LogP contribution < -0.4 is 10.8 Å². The van der Waals surface area contributed by atoms with Crippen LogP contribution in [0.15, 0.2) is 18.2 Å². The van der Waals surface area contributed by atoms with Gasteiger partial charge in [-0.1, -0.05) is 0 Å². The third kappa shape index (κ3) is 4.19. The topological polar surface area (TPSA) is 90.7 Å². The number of hydrogen-bond donors (Lipinski definition) is 1. The van der Waals surface area contributed by atoms with Crippen LogP contribution in [-0.2, 0) is 9.31 Å². The van der Waals surface area contributed by atoms with Crippen molar-refractivity contribution in [1.29, 1.82) is 0 Å². The maximum absolute atomic E-state index is 12.4. The first-order valence-electron chi connectivity index (χ1n) is 8.19. The fourth-order valence-electron chi connectivity index (χ4n) is 2.40. The minimum Gasteiger partial charge on any atom is -0.399 e. The predicted octanol–water partition coefficient (Wildman–Crippen LogP) is 2.42. The van der Waals surface area contributed by atoms with Crippen molar-refractivity contribution in [2.24, 2.45) is 0 Å². The van der Waals surface area contributed by atoms with Crippen LogP contribution in [0.3, 0.4) is 0 Å². The van der Waals surface area contributed by atoms with E-state index in [-0.39, 0.29) is 17.2 Å². The summed E-state index contributed by atoms with van der Waals surface area (Å²) in [5.41, 5.74) is -1.12. The summed E-state index contributed by atoms with van der Waals surface area (Å²) in [5.74, 6) is -0.381. The highest BCUT2D eigenvalue weighted by Gasteiger charge is 2.52. The molecule has 1 aliphatic heterocycles. The molecule has 25 heavy (non-hydrogen) atoms. The van der Waals surface area contributed by atoms with E-state index in [1.807, 2.05) is 48.5 Å². The Kier molecular flexibility index (Phi) is 4.74. The lowest BCUT2D eigenvalue weighted by Gasteiger charge is -2.32. The van der Waals surface area contributed by atoms with Crippen LogP contribution in [0.4, 0.5) is 5.69 Å². The number of nitrogens with one attached hydrogen (secondary N) is 1. The van der Waals surface area contributed by atoms with Gasteiger partial charge in [0.15, 0.2) is 0 Å². The van der Waals surface area contributed by atoms with E-state index in [2.05, 4.69) is 5.32 Å². The zero-order chi connectivity index (χ0) is 19.2. The molecule has 0 aliphatic carbocycles. The number of non-ortho nitro benzene ring substituents is 1. The molecular formula is C17H25BN2O5. The summed E-state index contributed by atoms with van der Waals surface area (Å²) in [6.45, 7) is 13.1. The van der Waals surface area contributed by atoms with Crippen molar-refractivity contribution in [3.8, 4) is 0 Å². The van der Waals surface area contributed by atoms with Gasteiger partial charge in [-0.15, -0.1) is 0 Å². The Balaban J connectivity index is 2.43. The van der Waals surface area contributed by atoms with Gasteiger partial charge in [0.1, 0.15) is 0 Å². The van der Waals surface area contributed by atoms with Crippen LogP contribution in [0.2, 0.25) is 0 Å². The largest absolute Gasteiger partial charge is 0.495 e. The molecule has 1 saturated heterocycles. The molecule has 0 aromatic heterocycles. The maximum Gasteiger partial charge on any atom is 0.495 e. The third-order valence-electron chi connectivity index (χ3n) is 4.43. The Morgan fingerprint density at radius 1 is 1.12 bits per heavy atom. The lowest BCUT2D eigenvalue weighted by atomic mass is 9.78. The molecule has 1 aliphatic rings. The number of amides is 1. The smallest absolute Gasteiger partial charge is 0.399 e. The van der Waals surface area contributed by atoms with Crippen LogP contribution in [0.5, 0.6) is 0 Å². The van der Waals surface area contributed by atoms with Crippen LogP contribution >= 0.6 is 0 Å². The quantitative estimate of drug-likeness (QED) is 0.515. The minimum atomic E-state index is -0.772. The summed E-state index contributed by atoms with van der Waals surface area (Å²) in [5, 5.41) is 14.1. The van der Waals surface area contributed by atoms with E-state index in [0.29, 0.717) is 5.46 Å². The van der Waals surface area contributed by atoms with Crippen molar-refractivity contribution in [2.45, 2.75) is 65.2 Å². The molecule has 7 nitrogen and oxygen atoms in total. The van der Waals surface area contributed by atoms with Crippen molar-refractivity contribution in [2.75, 3.05) is 0 Å². The second-order valence-corrected chi connectivity index (χ2v) is 8.36. The molecule has 1 N–H and O–H groups in total. The molecule has 0 atom stereocenters. The van der Waals surface area contributed by atoms with Gasteiger partial charge < -0.3 is 14.6 Å². The van der Waals surface area contributed by atoms with Gasteiger partial charge in [-0.3, -0.25) is 14.9 Å². The fourth-order valence-corrected chi connectivity index (χ4v) is 2.40. The number of carbonyl (C=O) groups is 1. The van der Waals surface area contributed by atoms with Gasteiger partial charge in [0.05, 0.1) is 16.1 Å². The van der Waals surface area contributed by atoms with Gasteiger partial charge in [-0.25, -0.2) is 0 Å². The first-order chi connectivity index (χ1) is 11.2. The Morgan fingerprint density at radius 3 is 2.08 bits per heavy atom. The van der Waals surface area contributed by atoms with Crippen molar-refractivity contribution in [3.05, 3.63) is 33.9 Å². The zero-order valence-electron chi connectivity index (χ0n) is 15.8. The van der Waals surface area contributed by atoms with E-state index in [4.69, 9.17) is 9.31 Å². The highest BCUT2D eigenvalue weighted by molar-refractivity contribution is 6.62. The summed E-state index contributed by atoms with van der Waals surface area (Å²) in [6.07, 6.45) is 0. The molecule has 0 bridgehead atoms. The molecule has 1 heterocycles. The molecule has 0 spiro atoms. The first-order valence-corrected chi connectivity index (χ1v) is 8.19. The first kappa shape index (κ1) is 19.4. The third-order valence-corrected chi connectivity index (χ3v) is 4.43. The predicted molar refractivity (Wildman–Crippen MR) is 96.0 cm³/mol. The van der Waals surface area contributed by atoms with Gasteiger partial charge >= 0.3 is 7.12 Å². The van der Waals surface area contributed by atoms with Gasteiger partial charge in [-0.2, -0.15) is 0 Å². The van der Waals surface area contributed by atoms with Gasteiger partial charge in [0.25, 0.3) is 11.6 Å². The van der Waals surface area contributed by atoms with Gasteiger partial charge in [-0.05, 0) is 60.0 Å². The van der Waals surface area contributed by atoms with E-state index in [1.54, 1.807) is 6.07 Å².